The maximum absolute atomic E-state index is 5.42. The fraction of sp³-hybridized carbons (Fsp3) is 0.647. The third-order valence-electron chi connectivity index (χ3n) is 4.32. The Morgan fingerprint density at radius 2 is 1.86 bits per heavy atom. The smallest absolute Gasteiger partial charge is 0.161 e. The van der Waals surface area contributed by atoms with Crippen LogP contribution in [0.1, 0.15) is 30.9 Å². The summed E-state index contributed by atoms with van der Waals surface area (Å²) in [6.07, 6.45) is 3.53. The quantitative estimate of drug-likeness (QED) is 0.837. The summed E-state index contributed by atoms with van der Waals surface area (Å²) in [6.45, 7) is 5.47. The fourth-order valence-corrected chi connectivity index (χ4v) is 3.08. The van der Waals surface area contributed by atoms with Crippen LogP contribution in [-0.2, 0) is 13.0 Å². The van der Waals surface area contributed by atoms with Crippen molar-refractivity contribution in [3.05, 3.63) is 23.3 Å². The molecule has 0 aromatic heterocycles. The number of benzene rings is 1. The molecule has 0 bridgehead atoms. The molecule has 0 spiro atoms. The minimum Gasteiger partial charge on any atom is -0.493 e. The Morgan fingerprint density at radius 3 is 2.43 bits per heavy atom. The molecule has 1 unspecified atom stereocenters. The third-order valence-corrected chi connectivity index (χ3v) is 4.32. The van der Waals surface area contributed by atoms with Gasteiger partial charge in [0.1, 0.15) is 0 Å². The van der Waals surface area contributed by atoms with E-state index in [-0.39, 0.29) is 0 Å². The van der Waals surface area contributed by atoms with Crippen LogP contribution in [0.4, 0.5) is 0 Å². The molecule has 4 nitrogen and oxygen atoms in total. The van der Waals surface area contributed by atoms with E-state index in [4.69, 9.17) is 9.47 Å². The van der Waals surface area contributed by atoms with Crippen LogP contribution in [0, 0.1) is 0 Å². The zero-order chi connectivity index (χ0) is 15.2. The molecule has 0 amide bonds. The first-order valence-electron chi connectivity index (χ1n) is 7.85. The first-order chi connectivity index (χ1) is 10.2. The van der Waals surface area contributed by atoms with Gasteiger partial charge in [-0.05, 0) is 43.1 Å². The Hall–Kier alpha value is -1.26. The van der Waals surface area contributed by atoms with Gasteiger partial charge in [0, 0.05) is 25.7 Å². The van der Waals surface area contributed by atoms with Crippen LogP contribution in [-0.4, -0.2) is 45.3 Å². The van der Waals surface area contributed by atoms with Gasteiger partial charge in [0.2, 0.25) is 0 Å². The highest BCUT2D eigenvalue weighted by atomic mass is 16.5. The zero-order valence-corrected chi connectivity index (χ0v) is 13.7. The molecule has 1 N–H and O–H groups in total. The van der Waals surface area contributed by atoms with Crippen molar-refractivity contribution >= 4 is 0 Å². The average molecular weight is 292 g/mol. The number of nitrogens with one attached hydrogen (secondary N) is 1. The Kier molecular flexibility index (Phi) is 5.88. The van der Waals surface area contributed by atoms with E-state index >= 15 is 0 Å². The lowest BCUT2D eigenvalue weighted by Gasteiger charge is -2.32. The molecular weight excluding hydrogens is 264 g/mol. The van der Waals surface area contributed by atoms with E-state index in [0.29, 0.717) is 6.04 Å². The SMILES string of the molecule is CCCC(CN1CCc2cc(OC)c(OC)cc2C1)NC. The van der Waals surface area contributed by atoms with Crippen LogP contribution in [0.3, 0.4) is 0 Å². The minimum absolute atomic E-state index is 0.580. The number of likely N-dealkylation sites (N-methyl/N-ethyl adjacent to an activating group) is 1. The molecule has 1 aliphatic heterocycles. The summed E-state index contributed by atoms with van der Waals surface area (Å²) in [5, 5.41) is 3.43. The van der Waals surface area contributed by atoms with Gasteiger partial charge < -0.3 is 14.8 Å². The van der Waals surface area contributed by atoms with E-state index in [0.717, 1.165) is 37.6 Å². The number of hydrogen-bond donors (Lipinski definition) is 1. The second-order valence-corrected chi connectivity index (χ2v) is 5.74. The topological polar surface area (TPSA) is 33.7 Å². The number of nitrogens with zero attached hydrogens (tertiary/aromatic N) is 1. The van der Waals surface area contributed by atoms with Gasteiger partial charge in [-0.1, -0.05) is 13.3 Å². The highest BCUT2D eigenvalue weighted by molar-refractivity contribution is 5.48. The summed E-state index contributed by atoms with van der Waals surface area (Å²) in [6, 6.07) is 4.85. The lowest BCUT2D eigenvalue weighted by atomic mass is 9.98. The van der Waals surface area contributed by atoms with E-state index in [1.54, 1.807) is 14.2 Å². The van der Waals surface area contributed by atoms with Gasteiger partial charge in [0.25, 0.3) is 0 Å². The molecule has 0 radical (unpaired) electrons. The lowest BCUT2D eigenvalue weighted by molar-refractivity contribution is 0.222. The van der Waals surface area contributed by atoms with Gasteiger partial charge in [0.15, 0.2) is 11.5 Å². The molecule has 0 saturated heterocycles. The molecule has 1 atom stereocenters. The second-order valence-electron chi connectivity index (χ2n) is 5.74. The molecule has 0 saturated carbocycles. The summed E-state index contributed by atoms with van der Waals surface area (Å²) >= 11 is 0. The average Bonchev–Trinajstić information content (AvgIpc) is 2.52. The van der Waals surface area contributed by atoms with Crippen molar-refractivity contribution in [1.82, 2.24) is 10.2 Å². The molecule has 4 heteroatoms. The molecule has 1 heterocycles. The van der Waals surface area contributed by atoms with Crippen molar-refractivity contribution in [2.75, 3.05) is 34.4 Å². The van der Waals surface area contributed by atoms with Gasteiger partial charge >= 0.3 is 0 Å². The summed E-state index contributed by atoms with van der Waals surface area (Å²) in [5.41, 5.74) is 2.76. The van der Waals surface area contributed by atoms with E-state index in [9.17, 15) is 0 Å². The second kappa shape index (κ2) is 7.66. The van der Waals surface area contributed by atoms with Crippen molar-refractivity contribution in [3.63, 3.8) is 0 Å². The van der Waals surface area contributed by atoms with Crippen LogP contribution in [0.15, 0.2) is 12.1 Å². The molecule has 2 rings (SSSR count). The van der Waals surface area contributed by atoms with Gasteiger partial charge in [-0.2, -0.15) is 0 Å². The predicted octanol–water partition coefficient (Wildman–Crippen LogP) is 2.45. The molecule has 21 heavy (non-hydrogen) atoms. The monoisotopic (exact) mass is 292 g/mol. The van der Waals surface area contributed by atoms with Crippen LogP contribution in [0.25, 0.3) is 0 Å². The molecule has 1 aromatic carbocycles. The number of fused-ring (bicyclic) bond motifs is 1. The molecule has 0 fully saturated rings. The first-order valence-corrected chi connectivity index (χ1v) is 7.85. The normalized spacial score (nSPS) is 16.4. The van der Waals surface area contributed by atoms with Gasteiger partial charge in [-0.15, -0.1) is 0 Å². The third kappa shape index (κ3) is 3.89. The predicted molar refractivity (Wildman–Crippen MR) is 86.3 cm³/mol. The van der Waals surface area contributed by atoms with Gasteiger partial charge in [-0.25, -0.2) is 0 Å². The van der Waals surface area contributed by atoms with Crippen molar-refractivity contribution in [2.45, 2.75) is 38.8 Å². The highest BCUT2D eigenvalue weighted by Gasteiger charge is 2.21. The number of methoxy groups -OCH3 is 2. The molecular formula is C17H28N2O2. The van der Waals surface area contributed by atoms with Crippen molar-refractivity contribution in [1.29, 1.82) is 0 Å². The van der Waals surface area contributed by atoms with E-state index in [1.165, 1.54) is 24.0 Å². The van der Waals surface area contributed by atoms with Crippen LogP contribution < -0.4 is 14.8 Å². The van der Waals surface area contributed by atoms with E-state index in [2.05, 4.69) is 36.3 Å². The Bertz CT molecular complexity index is 462. The van der Waals surface area contributed by atoms with E-state index in [1.807, 2.05) is 0 Å². The zero-order valence-electron chi connectivity index (χ0n) is 13.7. The van der Waals surface area contributed by atoms with Crippen LogP contribution in [0.5, 0.6) is 11.5 Å². The summed E-state index contributed by atoms with van der Waals surface area (Å²) < 4.78 is 10.8. The van der Waals surface area contributed by atoms with Crippen LogP contribution in [0.2, 0.25) is 0 Å². The molecule has 118 valence electrons. The minimum atomic E-state index is 0.580. The first kappa shape index (κ1) is 16.1. The standard InChI is InChI=1S/C17H28N2O2/c1-5-6-15(18-2)12-19-8-7-13-9-16(20-3)17(21-4)10-14(13)11-19/h9-10,15,18H,5-8,11-12H2,1-4H3. The number of rotatable bonds is 7. The number of hydrogen-bond acceptors (Lipinski definition) is 4. The van der Waals surface area contributed by atoms with Crippen molar-refractivity contribution in [3.8, 4) is 11.5 Å². The van der Waals surface area contributed by atoms with Gasteiger partial charge in [-0.3, -0.25) is 4.90 Å². The molecule has 1 aromatic rings. The largest absolute Gasteiger partial charge is 0.493 e. The summed E-state index contributed by atoms with van der Waals surface area (Å²) in [5.74, 6) is 1.67. The lowest BCUT2D eigenvalue weighted by Crippen LogP contribution is -2.41. The molecule has 1 aliphatic rings. The highest BCUT2D eigenvalue weighted by Crippen LogP contribution is 2.33. The summed E-state index contributed by atoms with van der Waals surface area (Å²) in [7, 11) is 5.46. The maximum Gasteiger partial charge on any atom is 0.161 e. The van der Waals surface area contributed by atoms with Crippen molar-refractivity contribution in [2.24, 2.45) is 0 Å². The van der Waals surface area contributed by atoms with Crippen LogP contribution >= 0.6 is 0 Å². The van der Waals surface area contributed by atoms with E-state index < -0.39 is 0 Å². The Balaban J connectivity index is 2.09. The van der Waals surface area contributed by atoms with Crippen molar-refractivity contribution < 1.29 is 9.47 Å². The molecule has 0 aliphatic carbocycles. The van der Waals surface area contributed by atoms with Gasteiger partial charge in [0.05, 0.1) is 14.2 Å². The number of ether oxygens (including phenoxy) is 2. The fourth-order valence-electron chi connectivity index (χ4n) is 3.08. The Labute approximate surface area is 128 Å². The Morgan fingerprint density at radius 1 is 1.19 bits per heavy atom. The maximum atomic E-state index is 5.42. The summed E-state index contributed by atoms with van der Waals surface area (Å²) in [4.78, 5) is 2.53.